The van der Waals surface area contributed by atoms with Gasteiger partial charge in [-0.1, -0.05) is 41.9 Å². The standard InChI is InChI=1S/C17H22BrN/c1-12(2)4-5-13(3)19-17-9-7-14-10-16(18)8-6-15(14)11-17/h6-13,19H,4-5H2,1-3H3. The van der Waals surface area contributed by atoms with Crippen LogP contribution < -0.4 is 5.32 Å². The van der Waals surface area contributed by atoms with Gasteiger partial charge in [-0.05, 0) is 60.7 Å². The summed E-state index contributed by atoms with van der Waals surface area (Å²) in [6, 6.07) is 13.5. The van der Waals surface area contributed by atoms with E-state index in [1.807, 2.05) is 0 Å². The van der Waals surface area contributed by atoms with Crippen LogP contribution >= 0.6 is 15.9 Å². The molecule has 1 atom stereocenters. The lowest BCUT2D eigenvalue weighted by Gasteiger charge is -2.16. The average molecular weight is 320 g/mol. The third-order valence-corrected chi connectivity index (χ3v) is 3.89. The molecule has 0 spiro atoms. The van der Waals surface area contributed by atoms with Gasteiger partial charge in [0.25, 0.3) is 0 Å². The van der Waals surface area contributed by atoms with Gasteiger partial charge in [0.05, 0.1) is 0 Å². The maximum Gasteiger partial charge on any atom is 0.0348 e. The number of nitrogens with one attached hydrogen (secondary N) is 1. The molecule has 0 saturated carbocycles. The van der Waals surface area contributed by atoms with Crippen molar-refractivity contribution in [3.8, 4) is 0 Å². The Morgan fingerprint density at radius 1 is 0.947 bits per heavy atom. The van der Waals surface area contributed by atoms with Gasteiger partial charge in [0.15, 0.2) is 0 Å². The Morgan fingerprint density at radius 3 is 2.37 bits per heavy atom. The van der Waals surface area contributed by atoms with E-state index in [9.17, 15) is 0 Å². The lowest BCUT2D eigenvalue weighted by molar-refractivity contribution is 0.528. The molecule has 1 nitrogen and oxygen atoms in total. The number of rotatable bonds is 5. The molecule has 2 heteroatoms. The summed E-state index contributed by atoms with van der Waals surface area (Å²) in [5.74, 6) is 0.776. The van der Waals surface area contributed by atoms with Crippen molar-refractivity contribution in [1.82, 2.24) is 0 Å². The molecule has 1 unspecified atom stereocenters. The molecule has 0 heterocycles. The fraction of sp³-hybridized carbons (Fsp3) is 0.412. The van der Waals surface area contributed by atoms with Gasteiger partial charge in [-0.2, -0.15) is 0 Å². The lowest BCUT2D eigenvalue weighted by Crippen LogP contribution is -2.15. The van der Waals surface area contributed by atoms with Crippen LogP contribution in [0.25, 0.3) is 10.8 Å². The Balaban J connectivity index is 2.07. The predicted octanol–water partition coefficient (Wildman–Crippen LogP) is 5.84. The molecule has 0 aliphatic rings. The quantitative estimate of drug-likeness (QED) is 0.730. The van der Waals surface area contributed by atoms with E-state index in [1.165, 1.54) is 29.3 Å². The number of benzene rings is 2. The summed E-state index contributed by atoms with van der Waals surface area (Å²) >= 11 is 3.51. The van der Waals surface area contributed by atoms with Gasteiger partial charge in [-0.3, -0.25) is 0 Å². The zero-order chi connectivity index (χ0) is 13.8. The van der Waals surface area contributed by atoms with Crippen molar-refractivity contribution < 1.29 is 0 Å². The molecule has 0 bridgehead atoms. The molecule has 0 amide bonds. The van der Waals surface area contributed by atoms with Crippen molar-refractivity contribution in [2.45, 2.75) is 39.7 Å². The van der Waals surface area contributed by atoms with E-state index < -0.39 is 0 Å². The van der Waals surface area contributed by atoms with E-state index in [2.05, 4.69) is 78.4 Å². The second-order valence-corrected chi connectivity index (χ2v) is 6.64. The summed E-state index contributed by atoms with van der Waals surface area (Å²) in [5, 5.41) is 6.15. The van der Waals surface area contributed by atoms with Crippen molar-refractivity contribution in [3.05, 3.63) is 40.9 Å². The zero-order valence-corrected chi connectivity index (χ0v) is 13.5. The number of hydrogen-bond donors (Lipinski definition) is 1. The number of anilines is 1. The first-order valence-electron chi connectivity index (χ1n) is 7.00. The van der Waals surface area contributed by atoms with Crippen molar-refractivity contribution in [3.63, 3.8) is 0 Å². The number of fused-ring (bicyclic) bond motifs is 1. The summed E-state index contributed by atoms with van der Waals surface area (Å²) in [4.78, 5) is 0. The second kappa shape index (κ2) is 6.42. The third kappa shape index (κ3) is 4.24. The molecule has 19 heavy (non-hydrogen) atoms. The van der Waals surface area contributed by atoms with Crippen LogP contribution in [0.5, 0.6) is 0 Å². The SMILES string of the molecule is CC(C)CCC(C)Nc1ccc2cc(Br)ccc2c1. The molecular weight excluding hydrogens is 298 g/mol. The summed E-state index contributed by atoms with van der Waals surface area (Å²) in [5.41, 5.74) is 1.21. The molecule has 0 fully saturated rings. The number of hydrogen-bond acceptors (Lipinski definition) is 1. The average Bonchev–Trinajstić information content (AvgIpc) is 2.36. The van der Waals surface area contributed by atoms with Gasteiger partial charge in [0.2, 0.25) is 0 Å². The highest BCUT2D eigenvalue weighted by molar-refractivity contribution is 9.10. The highest BCUT2D eigenvalue weighted by atomic mass is 79.9. The highest BCUT2D eigenvalue weighted by Crippen LogP contribution is 2.23. The maximum atomic E-state index is 3.59. The molecule has 2 aromatic carbocycles. The van der Waals surface area contributed by atoms with Crippen LogP contribution in [-0.4, -0.2) is 6.04 Å². The maximum absolute atomic E-state index is 3.59. The summed E-state index contributed by atoms with van der Waals surface area (Å²) in [6.45, 7) is 6.81. The van der Waals surface area contributed by atoms with Crippen molar-refractivity contribution >= 4 is 32.4 Å². The zero-order valence-electron chi connectivity index (χ0n) is 11.9. The first-order chi connectivity index (χ1) is 9.04. The molecule has 0 radical (unpaired) electrons. The summed E-state index contributed by atoms with van der Waals surface area (Å²) in [6.07, 6.45) is 2.49. The van der Waals surface area contributed by atoms with Crippen LogP contribution in [0.1, 0.15) is 33.6 Å². The fourth-order valence-electron chi connectivity index (χ4n) is 2.25. The van der Waals surface area contributed by atoms with Crippen LogP contribution in [0.3, 0.4) is 0 Å². The smallest absolute Gasteiger partial charge is 0.0348 e. The van der Waals surface area contributed by atoms with E-state index in [0.717, 1.165) is 10.4 Å². The van der Waals surface area contributed by atoms with Gasteiger partial charge in [0, 0.05) is 16.2 Å². The van der Waals surface area contributed by atoms with Gasteiger partial charge in [-0.25, -0.2) is 0 Å². The predicted molar refractivity (Wildman–Crippen MR) is 88.8 cm³/mol. The minimum Gasteiger partial charge on any atom is -0.383 e. The topological polar surface area (TPSA) is 12.0 Å². The van der Waals surface area contributed by atoms with Gasteiger partial charge >= 0.3 is 0 Å². The largest absolute Gasteiger partial charge is 0.383 e. The Morgan fingerprint density at radius 2 is 1.63 bits per heavy atom. The minimum absolute atomic E-state index is 0.523. The molecule has 0 aliphatic heterocycles. The Kier molecular flexibility index (Phi) is 4.87. The van der Waals surface area contributed by atoms with Gasteiger partial charge < -0.3 is 5.32 Å². The van der Waals surface area contributed by atoms with Crippen LogP contribution in [0.15, 0.2) is 40.9 Å². The van der Waals surface area contributed by atoms with Gasteiger partial charge in [0.1, 0.15) is 0 Å². The Hall–Kier alpha value is -1.02. The lowest BCUT2D eigenvalue weighted by atomic mass is 10.0. The minimum atomic E-state index is 0.523. The molecule has 0 aliphatic carbocycles. The molecule has 2 rings (SSSR count). The molecule has 1 N–H and O–H groups in total. The third-order valence-electron chi connectivity index (χ3n) is 3.39. The number of halogens is 1. The van der Waals surface area contributed by atoms with E-state index in [-0.39, 0.29) is 0 Å². The summed E-state index contributed by atoms with van der Waals surface area (Å²) in [7, 11) is 0. The van der Waals surface area contributed by atoms with E-state index >= 15 is 0 Å². The van der Waals surface area contributed by atoms with Crippen molar-refractivity contribution in [1.29, 1.82) is 0 Å². The van der Waals surface area contributed by atoms with E-state index in [0.29, 0.717) is 6.04 Å². The second-order valence-electron chi connectivity index (χ2n) is 5.72. The molecule has 0 saturated heterocycles. The Bertz CT molecular complexity index is 548. The van der Waals surface area contributed by atoms with E-state index in [1.54, 1.807) is 0 Å². The van der Waals surface area contributed by atoms with Crippen molar-refractivity contribution in [2.75, 3.05) is 5.32 Å². The van der Waals surface area contributed by atoms with Crippen LogP contribution in [0, 0.1) is 5.92 Å². The molecule has 0 aromatic heterocycles. The Labute approximate surface area is 124 Å². The van der Waals surface area contributed by atoms with Crippen LogP contribution in [-0.2, 0) is 0 Å². The van der Waals surface area contributed by atoms with Crippen LogP contribution in [0.2, 0.25) is 0 Å². The van der Waals surface area contributed by atoms with E-state index in [4.69, 9.17) is 0 Å². The highest BCUT2D eigenvalue weighted by Gasteiger charge is 2.04. The normalized spacial score (nSPS) is 12.9. The fourth-order valence-corrected chi connectivity index (χ4v) is 2.63. The first-order valence-corrected chi connectivity index (χ1v) is 7.80. The molecule has 102 valence electrons. The summed E-state index contributed by atoms with van der Waals surface area (Å²) < 4.78 is 1.13. The molecule has 2 aromatic rings. The first kappa shape index (κ1) is 14.4. The van der Waals surface area contributed by atoms with Crippen LogP contribution in [0.4, 0.5) is 5.69 Å². The monoisotopic (exact) mass is 319 g/mol. The van der Waals surface area contributed by atoms with Crippen molar-refractivity contribution in [2.24, 2.45) is 5.92 Å². The van der Waals surface area contributed by atoms with Gasteiger partial charge in [-0.15, -0.1) is 0 Å². The molecular formula is C17H22BrN.